The molecule has 2 bridgehead atoms. The van der Waals surface area contributed by atoms with Crippen molar-refractivity contribution in [1.82, 2.24) is 4.98 Å². The number of fused-ring (bicyclic) bond motifs is 2. The van der Waals surface area contributed by atoms with E-state index in [0.29, 0.717) is 12.2 Å². The Labute approximate surface area is 104 Å². The topological polar surface area (TPSA) is 25.4 Å². The number of pyridine rings is 1. The minimum absolute atomic E-state index is 0.437. The molecule has 2 aliphatic rings. The van der Waals surface area contributed by atoms with Crippen LogP contribution in [0.15, 0.2) is 18.3 Å². The normalized spacial score (nSPS) is 26.4. The molecule has 2 aliphatic heterocycles. The molecule has 0 aliphatic carbocycles. The maximum atomic E-state index is 5.80. The smallest absolute Gasteiger partial charge is 0.128 e. The van der Waals surface area contributed by atoms with Crippen molar-refractivity contribution in [3.63, 3.8) is 0 Å². The molecular formula is C14H22N2O. The van der Waals surface area contributed by atoms with Crippen molar-refractivity contribution in [2.24, 2.45) is 0 Å². The second-order valence-electron chi connectivity index (χ2n) is 4.56. The molecule has 17 heavy (non-hydrogen) atoms. The van der Waals surface area contributed by atoms with Gasteiger partial charge in [0.1, 0.15) is 5.82 Å². The van der Waals surface area contributed by atoms with Crippen molar-refractivity contribution in [2.45, 2.75) is 45.8 Å². The fraction of sp³-hybridized carbons (Fsp3) is 0.643. The van der Waals surface area contributed by atoms with Gasteiger partial charge in [-0.05, 0) is 31.4 Å². The second kappa shape index (κ2) is 5.50. The van der Waals surface area contributed by atoms with Crippen LogP contribution < -0.4 is 4.90 Å². The summed E-state index contributed by atoms with van der Waals surface area (Å²) < 4.78 is 5.80. The number of ether oxygens (including phenoxy) is 1. The van der Waals surface area contributed by atoms with Crippen LogP contribution in [0.2, 0.25) is 0 Å². The van der Waals surface area contributed by atoms with Crippen LogP contribution in [0.4, 0.5) is 5.82 Å². The Morgan fingerprint density at radius 1 is 1.18 bits per heavy atom. The Balaban J connectivity index is 0.000000514. The highest BCUT2D eigenvalue weighted by atomic mass is 16.5. The van der Waals surface area contributed by atoms with Crippen molar-refractivity contribution in [2.75, 3.05) is 18.0 Å². The number of aryl methyl sites for hydroxylation is 1. The van der Waals surface area contributed by atoms with E-state index in [1.807, 2.05) is 20.0 Å². The van der Waals surface area contributed by atoms with Gasteiger partial charge in [-0.15, -0.1) is 0 Å². The highest BCUT2D eigenvalue weighted by Crippen LogP contribution is 2.28. The summed E-state index contributed by atoms with van der Waals surface area (Å²) in [7, 11) is 0. The van der Waals surface area contributed by atoms with Crippen LogP contribution in [0, 0.1) is 6.92 Å². The molecule has 2 unspecified atom stereocenters. The summed E-state index contributed by atoms with van der Waals surface area (Å²) >= 11 is 0. The summed E-state index contributed by atoms with van der Waals surface area (Å²) in [5.74, 6) is 1.10. The minimum atomic E-state index is 0.437. The maximum absolute atomic E-state index is 5.80. The SMILES string of the molecule is CC.Cc1ccc(N2CC3CCC(C2)O3)nc1. The molecule has 3 nitrogen and oxygen atoms in total. The van der Waals surface area contributed by atoms with Gasteiger partial charge >= 0.3 is 0 Å². The van der Waals surface area contributed by atoms with Gasteiger partial charge in [-0.1, -0.05) is 19.9 Å². The van der Waals surface area contributed by atoms with Gasteiger partial charge in [0.2, 0.25) is 0 Å². The lowest BCUT2D eigenvalue weighted by Gasteiger charge is -2.32. The zero-order chi connectivity index (χ0) is 12.3. The number of hydrogen-bond acceptors (Lipinski definition) is 3. The Kier molecular flexibility index (Phi) is 4.00. The maximum Gasteiger partial charge on any atom is 0.128 e. The molecule has 1 aromatic rings. The van der Waals surface area contributed by atoms with Crippen LogP contribution in [0.3, 0.4) is 0 Å². The summed E-state index contributed by atoms with van der Waals surface area (Å²) in [6, 6.07) is 4.24. The highest BCUT2D eigenvalue weighted by molar-refractivity contribution is 5.40. The van der Waals surface area contributed by atoms with E-state index in [9.17, 15) is 0 Å². The number of nitrogens with zero attached hydrogens (tertiary/aromatic N) is 2. The molecule has 0 spiro atoms. The van der Waals surface area contributed by atoms with E-state index in [1.54, 1.807) is 0 Å². The molecule has 2 saturated heterocycles. The standard InChI is InChI=1S/C12H16N2O.C2H6/c1-9-2-5-12(13-6-9)14-7-10-3-4-11(8-14)15-10;1-2/h2,5-6,10-11H,3-4,7-8H2,1H3;1-2H3. The molecule has 0 amide bonds. The predicted molar refractivity (Wildman–Crippen MR) is 70.4 cm³/mol. The van der Waals surface area contributed by atoms with Gasteiger partial charge in [0.05, 0.1) is 12.2 Å². The number of rotatable bonds is 1. The van der Waals surface area contributed by atoms with Gasteiger partial charge in [-0.25, -0.2) is 4.98 Å². The third kappa shape index (κ3) is 2.78. The van der Waals surface area contributed by atoms with Crippen LogP contribution in [-0.2, 0) is 4.74 Å². The van der Waals surface area contributed by atoms with E-state index in [1.165, 1.54) is 18.4 Å². The lowest BCUT2D eigenvalue weighted by Crippen LogP contribution is -2.43. The molecule has 3 rings (SSSR count). The quantitative estimate of drug-likeness (QED) is 0.747. The largest absolute Gasteiger partial charge is 0.371 e. The molecule has 0 N–H and O–H groups in total. The lowest BCUT2D eigenvalue weighted by atomic mass is 10.2. The van der Waals surface area contributed by atoms with E-state index in [4.69, 9.17) is 4.74 Å². The lowest BCUT2D eigenvalue weighted by molar-refractivity contribution is 0.0302. The molecule has 3 heterocycles. The number of morpholine rings is 1. The van der Waals surface area contributed by atoms with Crippen LogP contribution in [0.1, 0.15) is 32.3 Å². The van der Waals surface area contributed by atoms with Gasteiger partial charge < -0.3 is 9.64 Å². The summed E-state index contributed by atoms with van der Waals surface area (Å²) in [4.78, 5) is 6.82. The average molecular weight is 234 g/mol. The first-order valence-corrected chi connectivity index (χ1v) is 6.64. The van der Waals surface area contributed by atoms with Crippen LogP contribution >= 0.6 is 0 Å². The van der Waals surface area contributed by atoms with E-state index in [2.05, 4.69) is 28.9 Å². The molecular weight excluding hydrogens is 212 g/mol. The van der Waals surface area contributed by atoms with Crippen molar-refractivity contribution in [3.8, 4) is 0 Å². The molecule has 2 fully saturated rings. The Hall–Kier alpha value is -1.09. The predicted octanol–water partition coefficient (Wildman–Crippen LogP) is 2.78. The molecule has 1 aromatic heterocycles. The number of hydrogen-bond donors (Lipinski definition) is 0. The van der Waals surface area contributed by atoms with Crippen LogP contribution in [0.25, 0.3) is 0 Å². The zero-order valence-electron chi connectivity index (χ0n) is 11.0. The van der Waals surface area contributed by atoms with Gasteiger partial charge in [0.15, 0.2) is 0 Å². The summed E-state index contributed by atoms with van der Waals surface area (Å²) in [5.41, 5.74) is 1.22. The van der Waals surface area contributed by atoms with Crippen molar-refractivity contribution in [1.29, 1.82) is 0 Å². The summed E-state index contributed by atoms with van der Waals surface area (Å²) in [5, 5.41) is 0. The fourth-order valence-corrected chi connectivity index (χ4v) is 2.45. The van der Waals surface area contributed by atoms with E-state index in [0.717, 1.165) is 18.9 Å². The Morgan fingerprint density at radius 3 is 2.35 bits per heavy atom. The molecule has 94 valence electrons. The van der Waals surface area contributed by atoms with Gasteiger partial charge in [0, 0.05) is 19.3 Å². The van der Waals surface area contributed by atoms with Gasteiger partial charge in [-0.2, -0.15) is 0 Å². The van der Waals surface area contributed by atoms with Crippen molar-refractivity contribution in [3.05, 3.63) is 23.9 Å². The highest BCUT2D eigenvalue weighted by Gasteiger charge is 2.33. The Morgan fingerprint density at radius 2 is 1.82 bits per heavy atom. The van der Waals surface area contributed by atoms with Crippen molar-refractivity contribution < 1.29 is 4.74 Å². The molecule has 0 aromatic carbocycles. The molecule has 3 heteroatoms. The molecule has 2 atom stereocenters. The first kappa shape index (κ1) is 12.4. The zero-order valence-corrected chi connectivity index (χ0v) is 11.0. The third-order valence-corrected chi connectivity index (χ3v) is 3.26. The Bertz CT molecular complexity index is 338. The monoisotopic (exact) mass is 234 g/mol. The summed E-state index contributed by atoms with van der Waals surface area (Å²) in [6.07, 6.45) is 5.24. The number of aromatic nitrogens is 1. The van der Waals surface area contributed by atoms with E-state index in [-0.39, 0.29) is 0 Å². The fourth-order valence-electron chi connectivity index (χ4n) is 2.45. The van der Waals surface area contributed by atoms with Crippen LogP contribution in [-0.4, -0.2) is 30.3 Å². The average Bonchev–Trinajstić information content (AvgIpc) is 2.72. The van der Waals surface area contributed by atoms with E-state index >= 15 is 0 Å². The first-order valence-electron chi connectivity index (χ1n) is 6.64. The van der Waals surface area contributed by atoms with Crippen molar-refractivity contribution >= 4 is 5.82 Å². The second-order valence-corrected chi connectivity index (χ2v) is 4.56. The van der Waals surface area contributed by atoms with E-state index < -0.39 is 0 Å². The summed E-state index contributed by atoms with van der Waals surface area (Å²) in [6.45, 7) is 8.08. The third-order valence-electron chi connectivity index (χ3n) is 3.26. The first-order chi connectivity index (χ1) is 8.31. The molecule has 0 radical (unpaired) electrons. The number of anilines is 1. The molecule has 0 saturated carbocycles. The minimum Gasteiger partial charge on any atom is -0.371 e. The van der Waals surface area contributed by atoms with Gasteiger partial charge in [0.25, 0.3) is 0 Å². The van der Waals surface area contributed by atoms with Crippen LogP contribution in [0.5, 0.6) is 0 Å². The van der Waals surface area contributed by atoms with Gasteiger partial charge in [-0.3, -0.25) is 0 Å².